The summed E-state index contributed by atoms with van der Waals surface area (Å²) in [6.07, 6.45) is 9.48. The van der Waals surface area contributed by atoms with Crippen molar-refractivity contribution >= 4 is 11.9 Å². The van der Waals surface area contributed by atoms with Gasteiger partial charge in [0, 0.05) is 46.2 Å². The summed E-state index contributed by atoms with van der Waals surface area (Å²) in [5, 5.41) is 0. The van der Waals surface area contributed by atoms with E-state index in [0.29, 0.717) is 37.2 Å². The molecule has 0 heterocycles. The molecule has 0 spiro atoms. The fourth-order valence-corrected chi connectivity index (χ4v) is 7.31. The molecule has 0 aromatic heterocycles. The molecule has 2 aliphatic rings. The minimum absolute atomic E-state index is 0.246. The maximum atomic E-state index is 12.1. The van der Waals surface area contributed by atoms with E-state index in [1.165, 1.54) is 22.3 Å². The van der Waals surface area contributed by atoms with Crippen LogP contribution in [0.25, 0.3) is 33.4 Å². The molecule has 0 atom stereocenters. The second-order valence-corrected chi connectivity index (χ2v) is 13.9. The van der Waals surface area contributed by atoms with Gasteiger partial charge in [0.2, 0.25) is 0 Å². The Morgan fingerprint density at radius 2 is 0.942 bits per heavy atom. The van der Waals surface area contributed by atoms with Gasteiger partial charge in [-0.15, -0.1) is 0 Å². The van der Waals surface area contributed by atoms with E-state index in [0.717, 1.165) is 96.2 Å². The number of hydrogen-bond donors (Lipinski definition) is 0. The molecule has 0 radical (unpaired) electrons. The maximum Gasteiger partial charge on any atom is 0.333 e. The zero-order valence-corrected chi connectivity index (χ0v) is 30.7. The highest BCUT2D eigenvalue weighted by Gasteiger charge is 2.31. The number of hydrogen-bond acceptors (Lipinski definition) is 6. The van der Waals surface area contributed by atoms with E-state index in [4.69, 9.17) is 18.9 Å². The summed E-state index contributed by atoms with van der Waals surface area (Å²) in [4.78, 5) is 24.2. The monoisotopic (exact) mass is 698 g/mol. The van der Waals surface area contributed by atoms with Crippen LogP contribution >= 0.6 is 0 Å². The molecule has 270 valence electrons. The van der Waals surface area contributed by atoms with Crippen molar-refractivity contribution in [3.8, 4) is 44.9 Å². The van der Waals surface area contributed by atoms with Crippen LogP contribution in [0.2, 0.25) is 0 Å². The average Bonchev–Trinajstić information content (AvgIpc) is 3.17. The van der Waals surface area contributed by atoms with Gasteiger partial charge in [-0.1, -0.05) is 73.8 Å². The van der Waals surface area contributed by atoms with Gasteiger partial charge in [-0.25, -0.2) is 9.59 Å². The van der Waals surface area contributed by atoms with Crippen molar-refractivity contribution in [3.63, 3.8) is 0 Å². The Labute approximate surface area is 308 Å². The molecule has 52 heavy (non-hydrogen) atoms. The van der Waals surface area contributed by atoms with E-state index in [1.807, 2.05) is 12.1 Å². The highest BCUT2D eigenvalue weighted by molar-refractivity contribution is 5.94. The van der Waals surface area contributed by atoms with Crippen molar-refractivity contribution in [2.24, 2.45) is 0 Å². The van der Waals surface area contributed by atoms with Crippen molar-refractivity contribution in [1.82, 2.24) is 0 Å². The number of rotatable bonds is 15. The summed E-state index contributed by atoms with van der Waals surface area (Å²) >= 11 is 0. The first-order valence-electron chi connectivity index (χ1n) is 18.7. The minimum atomic E-state index is -0.389. The molecule has 0 amide bonds. The minimum Gasteiger partial charge on any atom is -0.492 e. The van der Waals surface area contributed by atoms with Crippen LogP contribution in [0.5, 0.6) is 11.5 Å². The zero-order valence-electron chi connectivity index (χ0n) is 30.7. The number of carbonyl (C=O) groups excluding carboxylic acids is 2. The largest absolute Gasteiger partial charge is 0.492 e. The van der Waals surface area contributed by atoms with Crippen LogP contribution in [-0.2, 0) is 44.7 Å². The zero-order chi connectivity index (χ0) is 36.5. The molecule has 0 saturated carbocycles. The first kappa shape index (κ1) is 36.7. The first-order valence-corrected chi connectivity index (χ1v) is 18.7. The summed E-state index contributed by atoms with van der Waals surface area (Å²) in [6.45, 7) is 12.0. The van der Waals surface area contributed by atoms with Crippen LogP contribution in [0.1, 0.15) is 74.6 Å². The third-order valence-electron chi connectivity index (χ3n) is 9.86. The lowest BCUT2D eigenvalue weighted by Crippen LogP contribution is -2.15. The lowest BCUT2D eigenvalue weighted by molar-refractivity contribution is -0.140. The third-order valence-corrected chi connectivity index (χ3v) is 9.86. The van der Waals surface area contributed by atoms with Gasteiger partial charge < -0.3 is 18.9 Å². The van der Waals surface area contributed by atoms with E-state index in [-0.39, 0.29) is 25.2 Å². The van der Waals surface area contributed by atoms with Gasteiger partial charge in [0.1, 0.15) is 11.5 Å². The van der Waals surface area contributed by atoms with Crippen LogP contribution in [-0.4, -0.2) is 38.4 Å². The number of ether oxygens (including phenoxy) is 4. The Balaban J connectivity index is 1.53. The van der Waals surface area contributed by atoms with Crippen LogP contribution < -0.4 is 9.47 Å². The van der Waals surface area contributed by atoms with Gasteiger partial charge in [0.05, 0.1) is 26.4 Å². The highest BCUT2D eigenvalue weighted by Crippen LogP contribution is 2.53. The molecular formula is C46H50O6. The lowest BCUT2D eigenvalue weighted by Gasteiger charge is -2.31. The number of benzene rings is 4. The predicted octanol–water partition coefficient (Wildman–Crippen LogP) is 10.2. The average molecular weight is 699 g/mol. The molecule has 0 N–H and O–H groups in total. The van der Waals surface area contributed by atoms with E-state index in [9.17, 15) is 9.59 Å². The van der Waals surface area contributed by atoms with Crippen LogP contribution in [0.4, 0.5) is 0 Å². The second-order valence-electron chi connectivity index (χ2n) is 13.9. The topological polar surface area (TPSA) is 71.1 Å². The molecule has 0 aliphatic heterocycles. The molecular weight excluding hydrogens is 648 g/mol. The van der Waals surface area contributed by atoms with Crippen molar-refractivity contribution in [3.05, 3.63) is 119 Å². The molecule has 0 unspecified atom stereocenters. The highest BCUT2D eigenvalue weighted by atomic mass is 16.5. The van der Waals surface area contributed by atoms with Crippen molar-refractivity contribution < 1.29 is 28.5 Å². The molecule has 6 rings (SSSR count). The van der Waals surface area contributed by atoms with E-state index in [2.05, 4.69) is 73.8 Å². The Hall–Kier alpha value is -5.10. The Bertz CT molecular complexity index is 1780. The predicted molar refractivity (Wildman–Crippen MR) is 208 cm³/mol. The number of aryl methyl sites for hydroxylation is 2. The van der Waals surface area contributed by atoms with Crippen molar-refractivity contribution in [2.75, 3.05) is 26.4 Å². The normalized spacial score (nSPS) is 13.3. The van der Waals surface area contributed by atoms with Crippen molar-refractivity contribution in [2.45, 2.75) is 78.1 Å². The summed E-state index contributed by atoms with van der Waals surface area (Å²) in [7, 11) is 0. The Morgan fingerprint density at radius 1 is 0.558 bits per heavy atom. The summed E-state index contributed by atoms with van der Waals surface area (Å²) in [6, 6.07) is 25.6. The van der Waals surface area contributed by atoms with Gasteiger partial charge in [0.15, 0.2) is 0 Å². The Morgan fingerprint density at radius 3 is 1.33 bits per heavy atom. The maximum absolute atomic E-state index is 12.1. The van der Waals surface area contributed by atoms with Crippen molar-refractivity contribution in [1.29, 1.82) is 0 Å². The quantitative estimate of drug-likeness (QED) is 0.0699. The second kappa shape index (κ2) is 17.4. The van der Waals surface area contributed by atoms with Crippen LogP contribution in [0, 0.1) is 0 Å². The molecule has 0 fully saturated rings. The van der Waals surface area contributed by atoms with Crippen LogP contribution in [0.3, 0.4) is 0 Å². The Kier molecular flexibility index (Phi) is 12.3. The first-order chi connectivity index (χ1) is 25.3. The summed E-state index contributed by atoms with van der Waals surface area (Å²) in [5.41, 5.74) is 12.7. The van der Waals surface area contributed by atoms with Crippen LogP contribution in [0.15, 0.2) is 97.1 Å². The van der Waals surface area contributed by atoms with Gasteiger partial charge in [-0.2, -0.15) is 0 Å². The number of fused-ring (bicyclic) bond motifs is 2. The molecule has 0 saturated heterocycles. The standard InChI is InChI=1S/C46H50O6/c1-31(2)45(47)51-27-15-25-49-43-39(33-17-7-5-8-18-33)29-35-21-11-13-23-37(35)41(43)42-38-24-14-12-22-36(38)30-40(34-19-9-6-10-20-34)44(42)50-26-16-28-52-46(48)32(3)4/h5-10,17-20,29-30H,1,3,11-16,21-28H2,2,4H3. The van der Waals surface area contributed by atoms with Gasteiger partial charge in [-0.3, -0.25) is 0 Å². The van der Waals surface area contributed by atoms with Gasteiger partial charge in [-0.05, 0) is 111 Å². The van der Waals surface area contributed by atoms with E-state index < -0.39 is 0 Å². The number of esters is 2. The fourth-order valence-electron chi connectivity index (χ4n) is 7.31. The summed E-state index contributed by atoms with van der Waals surface area (Å²) < 4.78 is 24.7. The molecule has 6 nitrogen and oxygen atoms in total. The number of carbonyl (C=O) groups is 2. The van der Waals surface area contributed by atoms with E-state index >= 15 is 0 Å². The van der Waals surface area contributed by atoms with E-state index in [1.54, 1.807) is 13.8 Å². The smallest absolute Gasteiger partial charge is 0.333 e. The molecule has 2 aliphatic carbocycles. The third kappa shape index (κ3) is 8.50. The van der Waals surface area contributed by atoms with Gasteiger partial charge in [0.25, 0.3) is 0 Å². The molecule has 6 heteroatoms. The lowest BCUT2D eigenvalue weighted by atomic mass is 9.77. The fraction of sp³-hybridized carbons (Fsp3) is 0.348. The SMILES string of the molecule is C=C(C)C(=O)OCCCOc1c(-c2ccccc2)cc2c(c1-c1c3c(cc(-c4ccccc4)c1OCCCOC(=O)C(=C)C)CCCC3)CCCC2. The molecule has 0 bridgehead atoms. The molecule has 4 aromatic rings. The van der Waals surface area contributed by atoms with Gasteiger partial charge >= 0.3 is 11.9 Å². The molecule has 4 aromatic carbocycles. The summed E-state index contributed by atoms with van der Waals surface area (Å²) in [5.74, 6) is 0.910.